The van der Waals surface area contributed by atoms with Crippen molar-refractivity contribution in [3.63, 3.8) is 0 Å². The molecule has 4 heterocycles. The summed E-state index contributed by atoms with van der Waals surface area (Å²) in [5, 5.41) is 5.31. The van der Waals surface area contributed by atoms with Crippen LogP contribution < -0.4 is 5.14 Å². The van der Waals surface area contributed by atoms with Crippen LogP contribution in [-0.4, -0.2) is 80.1 Å². The van der Waals surface area contributed by atoms with Gasteiger partial charge in [-0.15, -0.1) is 0 Å². The van der Waals surface area contributed by atoms with Crippen molar-refractivity contribution in [2.24, 2.45) is 5.14 Å². The summed E-state index contributed by atoms with van der Waals surface area (Å²) >= 11 is 6.07. The Hall–Kier alpha value is -3.29. The van der Waals surface area contributed by atoms with Gasteiger partial charge in [0, 0.05) is 43.0 Å². The number of halogens is 1. The molecule has 3 aliphatic rings. The van der Waals surface area contributed by atoms with Crippen molar-refractivity contribution in [2.75, 3.05) is 25.9 Å². The molecular weight excluding hydrogens is 682 g/mol. The number of aryl methyl sites for hydroxylation is 1. The Balaban J connectivity index is 1.11. The van der Waals surface area contributed by atoms with Crippen LogP contribution in [0.5, 0.6) is 0 Å². The summed E-state index contributed by atoms with van der Waals surface area (Å²) < 4.78 is 51.1. The number of aromatic nitrogens is 2. The van der Waals surface area contributed by atoms with Gasteiger partial charge in [-0.3, -0.25) is 9.69 Å². The van der Waals surface area contributed by atoms with Crippen molar-refractivity contribution >= 4 is 48.4 Å². The van der Waals surface area contributed by atoms with Gasteiger partial charge >= 0.3 is 0 Å². The fourth-order valence-corrected chi connectivity index (χ4v) is 10.4. The van der Waals surface area contributed by atoms with Gasteiger partial charge < -0.3 is 9.47 Å². The quantitative estimate of drug-likeness (QED) is 0.254. The van der Waals surface area contributed by atoms with E-state index in [2.05, 4.69) is 34.6 Å². The smallest absolute Gasteiger partial charge is 0.253 e. The lowest BCUT2D eigenvalue weighted by Crippen LogP contribution is -2.49. The van der Waals surface area contributed by atoms with Crippen molar-refractivity contribution in [3.8, 4) is 0 Å². The van der Waals surface area contributed by atoms with Gasteiger partial charge in [-0.25, -0.2) is 27.0 Å². The molecule has 3 fully saturated rings. The maximum absolute atomic E-state index is 13.6. The zero-order valence-corrected chi connectivity index (χ0v) is 30.1. The summed E-state index contributed by atoms with van der Waals surface area (Å²) in [5.41, 5.74) is 3.29. The van der Waals surface area contributed by atoms with Crippen molar-refractivity contribution in [2.45, 2.75) is 85.2 Å². The first-order valence-corrected chi connectivity index (χ1v) is 20.7. The molecule has 4 aromatic rings. The highest BCUT2D eigenvalue weighted by atomic mass is 35.5. The number of primary sulfonamides is 1. The Morgan fingerprint density at radius 2 is 1.59 bits per heavy atom. The van der Waals surface area contributed by atoms with E-state index in [9.17, 15) is 21.6 Å². The molecule has 260 valence electrons. The predicted molar refractivity (Wildman–Crippen MR) is 190 cm³/mol. The van der Waals surface area contributed by atoms with E-state index in [1.54, 1.807) is 17.0 Å². The van der Waals surface area contributed by atoms with Gasteiger partial charge in [-0.2, -0.15) is 0 Å². The third kappa shape index (κ3) is 6.54. The zero-order chi connectivity index (χ0) is 34.7. The average Bonchev–Trinajstić information content (AvgIpc) is 3.53. The van der Waals surface area contributed by atoms with Gasteiger partial charge in [-0.05, 0) is 112 Å². The number of rotatable bonds is 8. The van der Waals surface area contributed by atoms with E-state index in [-0.39, 0.29) is 31.7 Å². The topological polar surface area (TPSA) is 136 Å². The number of fused-ring (bicyclic) bond motifs is 3. The molecule has 0 saturated carbocycles. The van der Waals surface area contributed by atoms with E-state index in [4.69, 9.17) is 21.7 Å². The number of nitrogens with zero attached hydrogens (tertiary/aromatic N) is 4. The number of carbonyl (C=O) groups is 1. The zero-order valence-electron chi connectivity index (χ0n) is 27.8. The summed E-state index contributed by atoms with van der Waals surface area (Å²) in [4.78, 5) is 22.9. The van der Waals surface area contributed by atoms with Crippen LogP contribution in [0.4, 0.5) is 0 Å². The molecule has 2 unspecified atom stereocenters. The first kappa shape index (κ1) is 34.2. The molecule has 0 radical (unpaired) electrons. The highest BCUT2D eigenvalue weighted by Gasteiger charge is 2.44. The van der Waals surface area contributed by atoms with Gasteiger partial charge in [0.2, 0.25) is 10.0 Å². The van der Waals surface area contributed by atoms with Gasteiger partial charge in [0.15, 0.2) is 9.84 Å². The maximum atomic E-state index is 13.6. The third-order valence-corrected chi connectivity index (χ3v) is 13.8. The Kier molecular flexibility index (Phi) is 8.92. The number of para-hydroxylation sites is 2. The number of piperidine rings is 2. The van der Waals surface area contributed by atoms with E-state index in [0.29, 0.717) is 44.1 Å². The second kappa shape index (κ2) is 12.8. The van der Waals surface area contributed by atoms with E-state index in [1.807, 2.05) is 18.2 Å². The first-order valence-electron chi connectivity index (χ1n) is 16.9. The van der Waals surface area contributed by atoms with E-state index in [0.717, 1.165) is 42.7 Å². The van der Waals surface area contributed by atoms with Crippen LogP contribution in [0, 0.1) is 6.92 Å². The van der Waals surface area contributed by atoms with Crippen LogP contribution in [0.2, 0.25) is 5.02 Å². The number of imidazole rings is 1. The minimum absolute atomic E-state index is 0.0271. The highest BCUT2D eigenvalue weighted by Crippen LogP contribution is 2.45. The van der Waals surface area contributed by atoms with Crippen molar-refractivity contribution in [1.29, 1.82) is 0 Å². The summed E-state index contributed by atoms with van der Waals surface area (Å²) in [7, 11) is -7.44. The molecular formula is C36H42ClN5O5S2. The molecule has 1 amide bonds. The summed E-state index contributed by atoms with van der Waals surface area (Å²) in [5.74, 6) is 0.793. The lowest BCUT2D eigenvalue weighted by Gasteiger charge is -2.45. The molecule has 2 N–H and O–H groups in total. The molecule has 3 aliphatic heterocycles. The van der Waals surface area contributed by atoms with E-state index < -0.39 is 19.9 Å². The Morgan fingerprint density at radius 3 is 2.22 bits per heavy atom. The second-order valence-electron chi connectivity index (χ2n) is 14.1. The van der Waals surface area contributed by atoms with Crippen LogP contribution in [0.15, 0.2) is 76.5 Å². The normalized spacial score (nSPS) is 22.9. The second-order valence-corrected chi connectivity index (χ2v) is 18.0. The Morgan fingerprint density at radius 1 is 0.939 bits per heavy atom. The largest absolute Gasteiger partial charge is 0.339 e. The van der Waals surface area contributed by atoms with Crippen molar-refractivity contribution in [1.82, 2.24) is 19.4 Å². The van der Waals surface area contributed by atoms with E-state index >= 15 is 0 Å². The maximum Gasteiger partial charge on any atom is 0.253 e. The molecule has 1 aromatic heterocycles. The number of likely N-dealkylation sites (tertiary alicyclic amines) is 1. The summed E-state index contributed by atoms with van der Waals surface area (Å²) in [6.45, 7) is 3.97. The standard InChI is InChI=1S/C36H42ClN5O5S2/c1-24-39-32-5-3-4-6-33(32)42(24)29-22-27-10-11-28(23-29)41(27)20-17-36(26-8-12-30(13-9-26)48(2,44)45)15-18-40(19-16-36)35(43)25-7-14-31(37)34(21-25)49(38,46)47/h3-9,12-14,21,27-29H,10-11,15-20,22-23H2,1-2H3,(H2,38,46,47). The van der Waals surface area contributed by atoms with E-state index in [1.165, 1.54) is 42.8 Å². The average molecular weight is 724 g/mol. The first-order chi connectivity index (χ1) is 23.2. The van der Waals surface area contributed by atoms with Gasteiger partial charge in [-0.1, -0.05) is 35.9 Å². The van der Waals surface area contributed by atoms with Crippen LogP contribution in [0.1, 0.15) is 72.7 Å². The monoisotopic (exact) mass is 723 g/mol. The number of sulfone groups is 1. The number of benzene rings is 3. The van der Waals surface area contributed by atoms with Crippen molar-refractivity contribution < 1.29 is 21.6 Å². The molecule has 49 heavy (non-hydrogen) atoms. The van der Waals surface area contributed by atoms with Gasteiger partial charge in [0.25, 0.3) is 5.91 Å². The number of nitrogens with two attached hydrogens (primary N) is 1. The lowest BCUT2D eigenvalue weighted by atomic mass is 9.70. The molecule has 0 spiro atoms. The minimum atomic E-state index is -4.09. The van der Waals surface area contributed by atoms with Crippen LogP contribution in [0.25, 0.3) is 11.0 Å². The summed E-state index contributed by atoms with van der Waals surface area (Å²) in [6, 6.07) is 21.2. The molecule has 3 aromatic carbocycles. The molecule has 0 aliphatic carbocycles. The number of hydrogen-bond donors (Lipinski definition) is 1. The third-order valence-electron chi connectivity index (χ3n) is 11.2. The van der Waals surface area contributed by atoms with Crippen LogP contribution in [0.3, 0.4) is 0 Å². The molecule has 10 nitrogen and oxygen atoms in total. The number of hydrogen-bond acceptors (Lipinski definition) is 7. The summed E-state index contributed by atoms with van der Waals surface area (Å²) in [6.07, 6.45) is 7.99. The minimum Gasteiger partial charge on any atom is -0.339 e. The molecule has 2 bridgehead atoms. The fourth-order valence-electron chi connectivity index (χ4n) is 8.70. The van der Waals surface area contributed by atoms with Crippen LogP contribution in [-0.2, 0) is 25.3 Å². The Labute approximate surface area is 293 Å². The molecule has 7 rings (SSSR count). The number of sulfonamides is 1. The Bertz CT molecular complexity index is 2110. The molecule has 3 saturated heterocycles. The fraction of sp³-hybridized carbons (Fsp3) is 0.444. The van der Waals surface area contributed by atoms with Crippen LogP contribution >= 0.6 is 11.6 Å². The number of carbonyl (C=O) groups excluding carboxylic acids is 1. The number of amides is 1. The SMILES string of the molecule is Cc1nc2ccccc2n1C1CC2CCC(C1)N2CCC1(c2ccc(S(C)(=O)=O)cc2)CCN(C(=O)c2ccc(Cl)c(S(N)(=O)=O)c2)CC1. The molecule has 2 atom stereocenters. The predicted octanol–water partition coefficient (Wildman–Crippen LogP) is 5.48. The molecule has 13 heteroatoms. The van der Waals surface area contributed by atoms with Gasteiger partial charge in [0.05, 0.1) is 21.0 Å². The van der Waals surface area contributed by atoms with Crippen molar-refractivity contribution in [3.05, 3.63) is 88.7 Å². The highest BCUT2D eigenvalue weighted by molar-refractivity contribution is 7.90. The van der Waals surface area contributed by atoms with Gasteiger partial charge in [0.1, 0.15) is 10.7 Å². The lowest BCUT2D eigenvalue weighted by molar-refractivity contribution is 0.0606.